The molecule has 0 aromatic heterocycles. The molecule has 0 heterocycles. The smallest absolute Gasteiger partial charge is 0.323 e. The number of sulfone groups is 1. The molecule has 8 heteroatoms. The minimum atomic E-state index is -3.64. The summed E-state index contributed by atoms with van der Waals surface area (Å²) in [6.45, 7) is 1.25. The first-order chi connectivity index (χ1) is 9.73. The number of carboxylic acid groups (broad SMARTS) is 1. The summed E-state index contributed by atoms with van der Waals surface area (Å²) in [4.78, 5) is 23.5. The maximum absolute atomic E-state index is 12.0. The third-order valence-electron chi connectivity index (χ3n) is 2.70. The molecule has 0 saturated heterocycles. The monoisotopic (exact) mass is 377 g/mol. The van der Waals surface area contributed by atoms with Crippen molar-refractivity contribution >= 4 is 37.6 Å². The highest BCUT2D eigenvalue weighted by Crippen LogP contribution is 2.13. The van der Waals surface area contributed by atoms with Gasteiger partial charge < -0.3 is 10.0 Å². The molecule has 0 unspecified atom stereocenters. The lowest BCUT2D eigenvalue weighted by molar-refractivity contribution is -0.143. The van der Waals surface area contributed by atoms with Crippen LogP contribution in [0.2, 0.25) is 0 Å². The van der Waals surface area contributed by atoms with E-state index >= 15 is 0 Å². The molecule has 0 fully saturated rings. The van der Waals surface area contributed by atoms with Gasteiger partial charge in [-0.25, -0.2) is 8.42 Å². The molecule has 0 bridgehead atoms. The number of halogens is 1. The van der Waals surface area contributed by atoms with E-state index in [1.165, 1.54) is 0 Å². The summed E-state index contributed by atoms with van der Waals surface area (Å²) in [5, 5.41) is 8.68. The van der Waals surface area contributed by atoms with Crippen LogP contribution in [0.5, 0.6) is 0 Å². The Bertz CT molecular complexity index is 612. The van der Waals surface area contributed by atoms with Gasteiger partial charge in [-0.3, -0.25) is 9.59 Å². The second kappa shape index (κ2) is 7.56. The topological polar surface area (TPSA) is 91.8 Å². The molecule has 116 valence electrons. The average Bonchev–Trinajstić information content (AvgIpc) is 2.37. The van der Waals surface area contributed by atoms with Gasteiger partial charge in [0.25, 0.3) is 0 Å². The number of benzene rings is 1. The molecule has 0 spiro atoms. The van der Waals surface area contributed by atoms with Gasteiger partial charge >= 0.3 is 5.97 Å². The van der Waals surface area contributed by atoms with Gasteiger partial charge in [0.2, 0.25) is 5.91 Å². The highest BCUT2D eigenvalue weighted by molar-refractivity contribution is 9.10. The summed E-state index contributed by atoms with van der Waals surface area (Å²) in [5.74, 6) is -2.81. The molecule has 0 aliphatic rings. The van der Waals surface area contributed by atoms with Crippen molar-refractivity contribution in [1.29, 1.82) is 0 Å². The van der Waals surface area contributed by atoms with E-state index in [0.717, 1.165) is 9.37 Å². The van der Waals surface area contributed by atoms with Gasteiger partial charge in [-0.05, 0) is 24.6 Å². The molecular weight excluding hydrogens is 362 g/mol. The van der Waals surface area contributed by atoms with E-state index < -0.39 is 34.0 Å². The molecule has 0 saturated carbocycles. The first-order valence-electron chi connectivity index (χ1n) is 6.18. The van der Waals surface area contributed by atoms with Gasteiger partial charge in [0.15, 0.2) is 9.84 Å². The van der Waals surface area contributed by atoms with Gasteiger partial charge in [-0.2, -0.15) is 0 Å². The molecule has 6 nitrogen and oxygen atoms in total. The SMILES string of the molecule is CCN(CC(=O)O)C(=O)CS(=O)(=O)Cc1ccc(Br)cc1. The summed E-state index contributed by atoms with van der Waals surface area (Å²) in [6.07, 6.45) is 0. The Hall–Kier alpha value is -1.41. The number of rotatable bonds is 7. The van der Waals surface area contributed by atoms with Gasteiger partial charge in [0.05, 0.1) is 5.75 Å². The first kappa shape index (κ1) is 17.6. The second-order valence-electron chi connectivity index (χ2n) is 4.46. The van der Waals surface area contributed by atoms with Crippen LogP contribution in [0, 0.1) is 0 Å². The Morgan fingerprint density at radius 2 is 1.81 bits per heavy atom. The predicted octanol–water partition coefficient (Wildman–Crippen LogP) is 1.30. The number of nitrogens with zero attached hydrogens (tertiary/aromatic N) is 1. The third-order valence-corrected chi connectivity index (χ3v) is 4.69. The Labute approximate surface area is 131 Å². The van der Waals surface area contributed by atoms with Crippen molar-refractivity contribution in [1.82, 2.24) is 4.90 Å². The summed E-state index contributed by atoms with van der Waals surface area (Å²) in [7, 11) is -3.64. The van der Waals surface area contributed by atoms with Gasteiger partial charge in [0.1, 0.15) is 12.3 Å². The quantitative estimate of drug-likeness (QED) is 0.772. The fraction of sp³-hybridized carbons (Fsp3) is 0.385. The molecule has 0 aliphatic heterocycles. The number of likely N-dealkylation sites (N-methyl/N-ethyl adjacent to an activating group) is 1. The summed E-state index contributed by atoms with van der Waals surface area (Å²) < 4.78 is 24.8. The van der Waals surface area contributed by atoms with Crippen molar-refractivity contribution in [2.75, 3.05) is 18.8 Å². The fourth-order valence-corrected chi connectivity index (χ4v) is 3.33. The Morgan fingerprint density at radius 1 is 1.24 bits per heavy atom. The summed E-state index contributed by atoms with van der Waals surface area (Å²) in [6, 6.07) is 6.74. The first-order valence-corrected chi connectivity index (χ1v) is 8.79. The van der Waals surface area contributed by atoms with Crippen molar-refractivity contribution < 1.29 is 23.1 Å². The van der Waals surface area contributed by atoms with Crippen molar-refractivity contribution in [3.63, 3.8) is 0 Å². The minimum absolute atomic E-state index is 0.152. The summed E-state index contributed by atoms with van der Waals surface area (Å²) >= 11 is 3.25. The molecule has 1 rings (SSSR count). The molecule has 1 aromatic rings. The van der Waals surface area contributed by atoms with E-state index in [0.29, 0.717) is 5.56 Å². The van der Waals surface area contributed by atoms with Crippen LogP contribution in [0.4, 0.5) is 0 Å². The van der Waals surface area contributed by atoms with E-state index in [1.54, 1.807) is 31.2 Å². The van der Waals surface area contributed by atoms with Crippen molar-refractivity contribution in [3.8, 4) is 0 Å². The standard InChI is InChI=1S/C13H16BrNO5S/c1-2-15(7-13(17)18)12(16)9-21(19,20)8-10-3-5-11(14)6-4-10/h3-6H,2,7-9H2,1H3,(H,17,18). The summed E-state index contributed by atoms with van der Waals surface area (Å²) in [5.41, 5.74) is 0.576. The van der Waals surface area contributed by atoms with Crippen LogP contribution in [-0.4, -0.2) is 49.1 Å². The highest BCUT2D eigenvalue weighted by Gasteiger charge is 2.22. The molecule has 1 amide bonds. The third kappa shape index (κ3) is 6.26. The Kier molecular flexibility index (Phi) is 6.35. The molecule has 0 atom stereocenters. The van der Waals surface area contributed by atoms with E-state index in [9.17, 15) is 18.0 Å². The minimum Gasteiger partial charge on any atom is -0.480 e. The van der Waals surface area contributed by atoms with Crippen LogP contribution in [-0.2, 0) is 25.2 Å². The number of carboxylic acids is 1. The normalized spacial score (nSPS) is 11.1. The van der Waals surface area contributed by atoms with Crippen LogP contribution in [0.3, 0.4) is 0 Å². The van der Waals surface area contributed by atoms with E-state index in [-0.39, 0.29) is 12.3 Å². The fourth-order valence-electron chi connectivity index (χ4n) is 1.70. The van der Waals surface area contributed by atoms with E-state index in [1.807, 2.05) is 0 Å². The van der Waals surface area contributed by atoms with Crippen LogP contribution < -0.4 is 0 Å². The molecule has 1 N–H and O–H groups in total. The average molecular weight is 378 g/mol. The number of hydrogen-bond donors (Lipinski definition) is 1. The van der Waals surface area contributed by atoms with Crippen molar-refractivity contribution in [3.05, 3.63) is 34.3 Å². The zero-order valence-electron chi connectivity index (χ0n) is 11.5. The number of carbonyl (C=O) groups excluding carboxylic acids is 1. The maximum Gasteiger partial charge on any atom is 0.323 e. The van der Waals surface area contributed by atoms with Crippen LogP contribution >= 0.6 is 15.9 Å². The van der Waals surface area contributed by atoms with Gasteiger partial charge in [-0.15, -0.1) is 0 Å². The largest absolute Gasteiger partial charge is 0.480 e. The second-order valence-corrected chi connectivity index (χ2v) is 7.44. The lowest BCUT2D eigenvalue weighted by Gasteiger charge is -2.18. The van der Waals surface area contributed by atoms with Crippen molar-refractivity contribution in [2.45, 2.75) is 12.7 Å². The van der Waals surface area contributed by atoms with Gasteiger partial charge in [0, 0.05) is 11.0 Å². The number of carbonyl (C=O) groups is 2. The Morgan fingerprint density at radius 3 is 2.29 bits per heavy atom. The van der Waals surface area contributed by atoms with Gasteiger partial charge in [-0.1, -0.05) is 28.1 Å². The lowest BCUT2D eigenvalue weighted by Crippen LogP contribution is -2.39. The number of hydrogen-bond acceptors (Lipinski definition) is 4. The zero-order chi connectivity index (χ0) is 16.0. The number of aliphatic carboxylic acids is 1. The Balaban J connectivity index is 2.72. The van der Waals surface area contributed by atoms with Crippen LogP contribution in [0.15, 0.2) is 28.7 Å². The van der Waals surface area contributed by atoms with E-state index in [2.05, 4.69) is 15.9 Å². The highest BCUT2D eigenvalue weighted by atomic mass is 79.9. The lowest BCUT2D eigenvalue weighted by atomic mass is 10.2. The molecule has 0 radical (unpaired) electrons. The number of amides is 1. The van der Waals surface area contributed by atoms with Crippen molar-refractivity contribution in [2.24, 2.45) is 0 Å². The van der Waals surface area contributed by atoms with E-state index in [4.69, 9.17) is 5.11 Å². The molecular formula is C13H16BrNO5S. The maximum atomic E-state index is 12.0. The molecule has 0 aliphatic carbocycles. The molecule has 1 aromatic carbocycles. The van der Waals surface area contributed by atoms with Crippen LogP contribution in [0.25, 0.3) is 0 Å². The van der Waals surface area contributed by atoms with Crippen LogP contribution in [0.1, 0.15) is 12.5 Å². The predicted molar refractivity (Wildman–Crippen MR) is 81.5 cm³/mol. The molecule has 21 heavy (non-hydrogen) atoms. The zero-order valence-corrected chi connectivity index (χ0v) is 13.9.